The molecule has 3 heteroatoms. The number of hydrogen-bond donors (Lipinski definition) is 1. The molecule has 0 bridgehead atoms. The van der Waals surface area contributed by atoms with Gasteiger partial charge in [-0.05, 0) is 51.8 Å². The van der Waals surface area contributed by atoms with Gasteiger partial charge < -0.3 is 14.6 Å². The van der Waals surface area contributed by atoms with E-state index in [2.05, 4.69) is 37.2 Å². The van der Waals surface area contributed by atoms with Crippen LogP contribution in [0.2, 0.25) is 0 Å². The van der Waals surface area contributed by atoms with Crippen LogP contribution in [0.5, 0.6) is 0 Å². The summed E-state index contributed by atoms with van der Waals surface area (Å²) < 4.78 is 5.41. The second kappa shape index (κ2) is 8.60. The largest absolute Gasteiger partial charge is 0.469 e. The van der Waals surface area contributed by atoms with Gasteiger partial charge in [-0.3, -0.25) is 0 Å². The van der Waals surface area contributed by atoms with Crippen LogP contribution in [0.25, 0.3) is 0 Å². The van der Waals surface area contributed by atoms with E-state index in [1.165, 1.54) is 50.6 Å². The number of rotatable bonds is 7. The minimum atomic E-state index is 0.709. The van der Waals surface area contributed by atoms with Crippen molar-refractivity contribution in [1.29, 1.82) is 0 Å². The van der Waals surface area contributed by atoms with Crippen LogP contribution in [-0.2, 0) is 6.54 Å². The van der Waals surface area contributed by atoms with Crippen molar-refractivity contribution in [3.63, 3.8) is 0 Å². The molecule has 0 aromatic carbocycles. The molecule has 0 saturated heterocycles. The van der Waals surface area contributed by atoms with Gasteiger partial charge in [-0.2, -0.15) is 0 Å². The molecule has 0 amide bonds. The summed E-state index contributed by atoms with van der Waals surface area (Å²) in [6.07, 6.45) is 9.95. The van der Waals surface area contributed by atoms with Crippen LogP contribution in [-0.4, -0.2) is 31.1 Å². The standard InChI is InChI=1S/C18H32N2O/c1-4-11-19-18-9-7-5-6-8-17(18)14-20(3)13-16-10-12-21-15(16)2/h10,12,17-19H,4-9,11,13-14H2,1-3H3. The van der Waals surface area contributed by atoms with E-state index >= 15 is 0 Å². The van der Waals surface area contributed by atoms with Gasteiger partial charge in [0.25, 0.3) is 0 Å². The maximum atomic E-state index is 5.41. The molecule has 1 saturated carbocycles. The van der Waals surface area contributed by atoms with Gasteiger partial charge in [-0.15, -0.1) is 0 Å². The number of nitrogens with one attached hydrogen (secondary N) is 1. The van der Waals surface area contributed by atoms with Gasteiger partial charge >= 0.3 is 0 Å². The van der Waals surface area contributed by atoms with Crippen molar-refractivity contribution in [2.24, 2.45) is 5.92 Å². The molecular weight excluding hydrogens is 260 g/mol. The number of nitrogens with zero attached hydrogens (tertiary/aromatic N) is 1. The lowest BCUT2D eigenvalue weighted by atomic mass is 9.94. The van der Waals surface area contributed by atoms with Crippen molar-refractivity contribution in [2.45, 2.75) is 65.0 Å². The van der Waals surface area contributed by atoms with Gasteiger partial charge in [0.05, 0.1) is 6.26 Å². The highest BCUT2D eigenvalue weighted by molar-refractivity contribution is 5.15. The fourth-order valence-electron chi connectivity index (χ4n) is 3.53. The van der Waals surface area contributed by atoms with E-state index in [1.807, 2.05) is 0 Å². The highest BCUT2D eigenvalue weighted by Crippen LogP contribution is 2.25. The second-order valence-corrected chi connectivity index (χ2v) is 6.66. The summed E-state index contributed by atoms with van der Waals surface area (Å²) >= 11 is 0. The summed E-state index contributed by atoms with van der Waals surface area (Å²) in [5.41, 5.74) is 1.32. The van der Waals surface area contributed by atoms with Crippen LogP contribution < -0.4 is 5.32 Å². The maximum Gasteiger partial charge on any atom is 0.105 e. The Morgan fingerprint density at radius 3 is 2.81 bits per heavy atom. The molecule has 21 heavy (non-hydrogen) atoms. The van der Waals surface area contributed by atoms with Crippen LogP contribution in [0.4, 0.5) is 0 Å². The first-order valence-corrected chi connectivity index (χ1v) is 8.65. The molecule has 120 valence electrons. The third-order valence-corrected chi connectivity index (χ3v) is 4.77. The Labute approximate surface area is 130 Å². The number of furan rings is 1. The molecule has 2 unspecified atom stereocenters. The zero-order chi connectivity index (χ0) is 15.1. The van der Waals surface area contributed by atoms with Gasteiger partial charge in [0.1, 0.15) is 5.76 Å². The average molecular weight is 292 g/mol. The molecule has 0 spiro atoms. The van der Waals surface area contributed by atoms with Crippen molar-refractivity contribution in [3.05, 3.63) is 23.7 Å². The lowest BCUT2D eigenvalue weighted by Gasteiger charge is -2.30. The maximum absolute atomic E-state index is 5.41. The molecule has 1 aliphatic carbocycles. The normalized spacial score (nSPS) is 23.4. The minimum absolute atomic E-state index is 0.709. The van der Waals surface area contributed by atoms with Crippen LogP contribution in [0.15, 0.2) is 16.7 Å². The Bertz CT molecular complexity index is 402. The van der Waals surface area contributed by atoms with E-state index < -0.39 is 0 Å². The van der Waals surface area contributed by atoms with Crippen molar-refractivity contribution in [1.82, 2.24) is 10.2 Å². The molecule has 1 heterocycles. The summed E-state index contributed by atoms with van der Waals surface area (Å²) in [6, 6.07) is 2.81. The Hall–Kier alpha value is -0.800. The van der Waals surface area contributed by atoms with Crippen LogP contribution >= 0.6 is 0 Å². The van der Waals surface area contributed by atoms with E-state index in [1.54, 1.807) is 6.26 Å². The third kappa shape index (κ3) is 5.15. The molecule has 1 aromatic heterocycles. The zero-order valence-corrected chi connectivity index (χ0v) is 14.0. The smallest absolute Gasteiger partial charge is 0.105 e. The second-order valence-electron chi connectivity index (χ2n) is 6.66. The van der Waals surface area contributed by atoms with E-state index in [4.69, 9.17) is 4.42 Å². The monoisotopic (exact) mass is 292 g/mol. The first-order valence-electron chi connectivity index (χ1n) is 8.65. The molecule has 1 aliphatic rings. The van der Waals surface area contributed by atoms with Crippen molar-refractivity contribution in [3.8, 4) is 0 Å². The Morgan fingerprint density at radius 1 is 1.29 bits per heavy atom. The fraction of sp³-hybridized carbons (Fsp3) is 0.778. The number of hydrogen-bond acceptors (Lipinski definition) is 3. The summed E-state index contributed by atoms with van der Waals surface area (Å²) in [5, 5.41) is 3.79. The SMILES string of the molecule is CCCNC1CCCCCC1CN(C)Cc1ccoc1C. The van der Waals surface area contributed by atoms with E-state index in [-0.39, 0.29) is 0 Å². The summed E-state index contributed by atoms with van der Waals surface area (Å²) in [6.45, 7) is 7.66. The highest BCUT2D eigenvalue weighted by atomic mass is 16.3. The van der Waals surface area contributed by atoms with E-state index in [0.717, 1.165) is 24.8 Å². The summed E-state index contributed by atoms with van der Waals surface area (Å²) in [7, 11) is 2.24. The lowest BCUT2D eigenvalue weighted by Crippen LogP contribution is -2.41. The van der Waals surface area contributed by atoms with Gasteiger partial charge in [-0.1, -0.05) is 26.2 Å². The molecule has 2 atom stereocenters. The molecule has 0 aliphatic heterocycles. The Morgan fingerprint density at radius 2 is 2.10 bits per heavy atom. The first-order chi connectivity index (χ1) is 10.2. The van der Waals surface area contributed by atoms with Crippen molar-refractivity contribution in [2.75, 3.05) is 20.1 Å². The van der Waals surface area contributed by atoms with Crippen molar-refractivity contribution < 1.29 is 4.42 Å². The first kappa shape index (κ1) is 16.6. The Kier molecular flexibility index (Phi) is 6.78. The number of aryl methyl sites for hydroxylation is 1. The van der Waals surface area contributed by atoms with Crippen molar-refractivity contribution >= 4 is 0 Å². The van der Waals surface area contributed by atoms with E-state index in [9.17, 15) is 0 Å². The predicted octanol–water partition coefficient (Wildman–Crippen LogP) is 3.97. The summed E-state index contributed by atoms with van der Waals surface area (Å²) in [4.78, 5) is 2.47. The molecule has 1 fully saturated rings. The molecule has 2 rings (SSSR count). The highest BCUT2D eigenvalue weighted by Gasteiger charge is 2.24. The van der Waals surface area contributed by atoms with Crippen LogP contribution in [0, 0.1) is 12.8 Å². The van der Waals surface area contributed by atoms with Gasteiger partial charge in [0, 0.05) is 24.7 Å². The molecule has 1 N–H and O–H groups in total. The van der Waals surface area contributed by atoms with Crippen LogP contribution in [0.1, 0.15) is 56.8 Å². The fourth-order valence-corrected chi connectivity index (χ4v) is 3.53. The molecule has 0 radical (unpaired) electrons. The third-order valence-electron chi connectivity index (χ3n) is 4.77. The minimum Gasteiger partial charge on any atom is -0.469 e. The summed E-state index contributed by atoms with van der Waals surface area (Å²) in [5.74, 6) is 1.85. The van der Waals surface area contributed by atoms with Gasteiger partial charge in [-0.25, -0.2) is 0 Å². The molecule has 1 aromatic rings. The van der Waals surface area contributed by atoms with E-state index in [0.29, 0.717) is 6.04 Å². The quantitative estimate of drug-likeness (QED) is 0.771. The van der Waals surface area contributed by atoms with Crippen LogP contribution in [0.3, 0.4) is 0 Å². The van der Waals surface area contributed by atoms with Gasteiger partial charge in [0.15, 0.2) is 0 Å². The van der Waals surface area contributed by atoms with Gasteiger partial charge in [0.2, 0.25) is 0 Å². The zero-order valence-electron chi connectivity index (χ0n) is 14.0. The molecular formula is C18H32N2O. The topological polar surface area (TPSA) is 28.4 Å². The molecule has 3 nitrogen and oxygen atoms in total. The average Bonchev–Trinajstić information content (AvgIpc) is 2.73. The predicted molar refractivity (Wildman–Crippen MR) is 88.4 cm³/mol. The lowest BCUT2D eigenvalue weighted by molar-refractivity contribution is 0.218. The Balaban J connectivity index is 1.89.